The summed E-state index contributed by atoms with van der Waals surface area (Å²) in [5.41, 5.74) is 0.528. The van der Waals surface area contributed by atoms with E-state index in [-0.39, 0.29) is 5.01 Å². The Kier molecular flexibility index (Phi) is 3.16. The van der Waals surface area contributed by atoms with Gasteiger partial charge in [0.05, 0.1) is 17.3 Å². The number of ether oxygens (including phenoxy) is 1. The Hall–Kier alpha value is -1.76. The smallest absolute Gasteiger partial charge is 0.448 e. The van der Waals surface area contributed by atoms with Crippen LogP contribution in [0.3, 0.4) is 0 Å². The summed E-state index contributed by atoms with van der Waals surface area (Å²) in [4.78, 5) is 3.98. The van der Waals surface area contributed by atoms with Gasteiger partial charge in [-0.2, -0.15) is 13.2 Å². The third-order valence-electron chi connectivity index (χ3n) is 2.17. The summed E-state index contributed by atoms with van der Waals surface area (Å²) in [5.74, 6) is -1.13. The second kappa shape index (κ2) is 4.49. The molecule has 3 nitrogen and oxygen atoms in total. The van der Waals surface area contributed by atoms with Crippen LogP contribution in [0.15, 0.2) is 24.0 Å². The van der Waals surface area contributed by atoms with Crippen molar-refractivity contribution >= 4 is 27.6 Å². The predicted molar refractivity (Wildman–Crippen MR) is 62.8 cm³/mol. The van der Waals surface area contributed by atoms with Gasteiger partial charge in [-0.25, -0.2) is 4.98 Å². The Bertz CT molecular complexity index is 604. The molecule has 2 aromatic rings. The highest BCUT2D eigenvalue weighted by Gasteiger charge is 2.34. The Morgan fingerprint density at radius 1 is 1.44 bits per heavy atom. The van der Waals surface area contributed by atoms with E-state index >= 15 is 0 Å². The second-order valence-corrected chi connectivity index (χ2v) is 4.42. The van der Waals surface area contributed by atoms with Crippen LogP contribution in [0.2, 0.25) is 0 Å². The van der Waals surface area contributed by atoms with Crippen molar-refractivity contribution in [1.82, 2.24) is 4.98 Å². The highest BCUT2D eigenvalue weighted by Crippen LogP contribution is 2.33. The summed E-state index contributed by atoms with van der Waals surface area (Å²) in [6.45, 7) is 0. The van der Waals surface area contributed by atoms with Crippen molar-refractivity contribution in [2.75, 3.05) is 7.11 Å². The monoisotopic (exact) mass is 275 g/mol. The van der Waals surface area contributed by atoms with Gasteiger partial charge in [0, 0.05) is 6.08 Å². The van der Waals surface area contributed by atoms with Gasteiger partial charge in [0.15, 0.2) is 0 Å². The van der Waals surface area contributed by atoms with Gasteiger partial charge >= 0.3 is 6.18 Å². The van der Waals surface area contributed by atoms with Gasteiger partial charge in [-0.05, 0) is 12.1 Å². The van der Waals surface area contributed by atoms with E-state index < -0.39 is 11.9 Å². The zero-order valence-electron chi connectivity index (χ0n) is 9.15. The highest BCUT2D eigenvalue weighted by atomic mass is 32.1. The van der Waals surface area contributed by atoms with E-state index in [9.17, 15) is 13.2 Å². The molecule has 0 fully saturated rings. The van der Waals surface area contributed by atoms with Crippen molar-refractivity contribution in [3.05, 3.63) is 29.0 Å². The number of nitrogens with zero attached hydrogens (tertiary/aromatic N) is 1. The SMILES string of the molecule is COc1cccc2nc(/C=C(\O)C(F)(F)F)sc12. The van der Waals surface area contributed by atoms with Gasteiger partial charge in [0.1, 0.15) is 10.8 Å². The van der Waals surface area contributed by atoms with Gasteiger partial charge in [0.2, 0.25) is 5.76 Å². The molecule has 1 aromatic heterocycles. The first kappa shape index (κ1) is 12.7. The van der Waals surface area contributed by atoms with Crippen molar-refractivity contribution in [3.8, 4) is 5.75 Å². The summed E-state index contributed by atoms with van der Waals surface area (Å²) in [6.07, 6.45) is -4.16. The van der Waals surface area contributed by atoms with Crippen molar-refractivity contribution in [1.29, 1.82) is 0 Å². The molecule has 0 unspecified atom stereocenters. The Balaban J connectivity index is 2.49. The molecule has 0 saturated heterocycles. The zero-order chi connectivity index (χ0) is 13.3. The summed E-state index contributed by atoms with van der Waals surface area (Å²) >= 11 is 1.02. The van der Waals surface area contributed by atoms with Gasteiger partial charge in [-0.15, -0.1) is 11.3 Å². The van der Waals surface area contributed by atoms with Crippen LogP contribution in [0.1, 0.15) is 5.01 Å². The molecule has 18 heavy (non-hydrogen) atoms. The van der Waals surface area contributed by atoms with Crippen LogP contribution in [0.25, 0.3) is 16.3 Å². The maximum atomic E-state index is 12.2. The predicted octanol–water partition coefficient (Wildman–Crippen LogP) is 3.77. The molecule has 0 amide bonds. The molecular weight excluding hydrogens is 267 g/mol. The van der Waals surface area contributed by atoms with Crippen LogP contribution in [-0.4, -0.2) is 23.4 Å². The number of alkyl halides is 3. The van der Waals surface area contributed by atoms with E-state index in [1.54, 1.807) is 18.2 Å². The quantitative estimate of drug-likeness (QED) is 0.848. The van der Waals surface area contributed by atoms with Crippen molar-refractivity contribution in [2.24, 2.45) is 0 Å². The fourth-order valence-corrected chi connectivity index (χ4v) is 2.36. The van der Waals surface area contributed by atoms with Gasteiger partial charge < -0.3 is 9.84 Å². The lowest BCUT2D eigenvalue weighted by Crippen LogP contribution is -2.10. The molecule has 1 aromatic carbocycles. The number of fused-ring (bicyclic) bond motifs is 1. The lowest BCUT2D eigenvalue weighted by molar-refractivity contribution is -0.119. The summed E-state index contributed by atoms with van der Waals surface area (Å²) in [6, 6.07) is 5.05. The van der Waals surface area contributed by atoms with Crippen LogP contribution in [0.5, 0.6) is 5.75 Å². The topological polar surface area (TPSA) is 42.4 Å². The van der Waals surface area contributed by atoms with E-state index in [1.165, 1.54) is 7.11 Å². The minimum absolute atomic E-state index is 0.0734. The minimum Gasteiger partial charge on any atom is -0.504 e. The molecule has 0 aliphatic heterocycles. The maximum absolute atomic E-state index is 12.2. The van der Waals surface area contributed by atoms with E-state index in [0.29, 0.717) is 22.0 Å². The van der Waals surface area contributed by atoms with Crippen molar-refractivity contribution in [2.45, 2.75) is 6.18 Å². The summed E-state index contributed by atoms with van der Waals surface area (Å²) in [5, 5.41) is 8.94. The van der Waals surface area contributed by atoms with Gasteiger partial charge in [0.25, 0.3) is 0 Å². The Morgan fingerprint density at radius 3 is 2.78 bits per heavy atom. The number of allylic oxidation sites excluding steroid dienone is 1. The molecule has 0 aliphatic rings. The number of rotatable bonds is 2. The molecule has 2 rings (SSSR count). The molecular formula is C11H8F3NO2S. The standard InChI is InChI=1S/C11H8F3NO2S/c1-17-7-4-2-3-6-10(7)18-9(15-6)5-8(16)11(12,13)14/h2-5,16H,1H3/b8-5-. The number of halogens is 3. The number of methoxy groups -OCH3 is 1. The number of hydrogen-bond acceptors (Lipinski definition) is 4. The maximum Gasteiger partial charge on any atom is 0.448 e. The average Bonchev–Trinajstić information content (AvgIpc) is 2.69. The van der Waals surface area contributed by atoms with Crippen LogP contribution in [-0.2, 0) is 0 Å². The first-order valence-electron chi connectivity index (χ1n) is 4.83. The van der Waals surface area contributed by atoms with Crippen LogP contribution < -0.4 is 4.74 Å². The highest BCUT2D eigenvalue weighted by molar-refractivity contribution is 7.19. The van der Waals surface area contributed by atoms with Crippen LogP contribution >= 0.6 is 11.3 Å². The van der Waals surface area contributed by atoms with Crippen LogP contribution in [0.4, 0.5) is 13.2 Å². The van der Waals surface area contributed by atoms with E-state index in [0.717, 1.165) is 11.3 Å². The number of aromatic nitrogens is 1. The number of aliphatic hydroxyl groups is 1. The van der Waals surface area contributed by atoms with Crippen LogP contribution in [0, 0.1) is 0 Å². The largest absolute Gasteiger partial charge is 0.504 e. The van der Waals surface area contributed by atoms with E-state index in [2.05, 4.69) is 4.98 Å². The normalized spacial score (nSPS) is 13.0. The molecule has 0 radical (unpaired) electrons. The molecule has 96 valence electrons. The lowest BCUT2D eigenvalue weighted by atomic mass is 10.3. The molecule has 0 atom stereocenters. The van der Waals surface area contributed by atoms with Crippen molar-refractivity contribution in [3.63, 3.8) is 0 Å². The molecule has 0 bridgehead atoms. The van der Waals surface area contributed by atoms with E-state index in [4.69, 9.17) is 9.84 Å². The molecule has 7 heteroatoms. The average molecular weight is 275 g/mol. The number of thiazole rings is 1. The molecule has 0 saturated carbocycles. The third-order valence-corrected chi connectivity index (χ3v) is 3.20. The first-order valence-corrected chi connectivity index (χ1v) is 5.65. The van der Waals surface area contributed by atoms with Gasteiger partial charge in [-0.3, -0.25) is 0 Å². The third kappa shape index (κ3) is 2.40. The number of benzene rings is 1. The summed E-state index contributed by atoms with van der Waals surface area (Å²) in [7, 11) is 1.47. The molecule has 1 N–H and O–H groups in total. The molecule has 0 spiro atoms. The molecule has 0 aliphatic carbocycles. The van der Waals surface area contributed by atoms with Crippen molar-refractivity contribution < 1.29 is 23.0 Å². The first-order chi connectivity index (χ1) is 8.41. The van der Waals surface area contributed by atoms with E-state index in [1.807, 2.05) is 0 Å². The fourth-order valence-electron chi connectivity index (χ4n) is 1.36. The number of aliphatic hydroxyl groups excluding tert-OH is 1. The molecule has 1 heterocycles. The van der Waals surface area contributed by atoms with Gasteiger partial charge in [-0.1, -0.05) is 6.07 Å². The minimum atomic E-state index is -4.76. The Morgan fingerprint density at radius 2 is 2.17 bits per heavy atom. The number of hydrogen-bond donors (Lipinski definition) is 1. The second-order valence-electron chi connectivity index (χ2n) is 3.39. The summed E-state index contributed by atoms with van der Waals surface area (Å²) < 4.78 is 42.2. The fraction of sp³-hybridized carbons (Fsp3) is 0.182. The zero-order valence-corrected chi connectivity index (χ0v) is 9.97. The Labute approximate surface area is 104 Å². The lowest BCUT2D eigenvalue weighted by Gasteiger charge is -2.02.